The van der Waals surface area contributed by atoms with E-state index in [9.17, 15) is 9.18 Å². The van der Waals surface area contributed by atoms with E-state index in [1.54, 1.807) is 19.1 Å². The number of para-hydroxylation sites is 1. The van der Waals surface area contributed by atoms with Gasteiger partial charge in [-0.25, -0.2) is 9.37 Å². The van der Waals surface area contributed by atoms with E-state index in [2.05, 4.69) is 21.3 Å². The Kier molecular flexibility index (Phi) is 6.21. The Labute approximate surface area is 203 Å². The maximum Gasteiger partial charge on any atom is 0.254 e. The summed E-state index contributed by atoms with van der Waals surface area (Å²) in [7, 11) is 5.34. The first-order valence-corrected chi connectivity index (χ1v) is 11.7. The molecule has 2 aromatic heterocycles. The number of benzene rings is 2. The maximum absolute atomic E-state index is 13.1. The number of hydrogen-bond donors (Lipinski definition) is 1. The molecule has 1 amide bonds. The lowest BCUT2D eigenvalue weighted by Crippen LogP contribution is -2.45. The number of nitrogens with zero attached hydrogens (tertiary/aromatic N) is 4. The fourth-order valence-corrected chi connectivity index (χ4v) is 5.00. The third-order valence-corrected chi connectivity index (χ3v) is 6.78. The minimum atomic E-state index is -0.670. The number of hydrogen-bond acceptors (Lipinski definition) is 5. The lowest BCUT2D eigenvalue weighted by atomic mass is 9.97. The number of aromatic nitrogens is 3. The molecule has 0 radical (unpaired) electrons. The molecule has 1 aliphatic rings. The van der Waals surface area contributed by atoms with Gasteiger partial charge < -0.3 is 29.2 Å². The van der Waals surface area contributed by atoms with Crippen LogP contribution in [0, 0.1) is 0 Å². The quantitative estimate of drug-likeness (QED) is 0.420. The molecule has 1 atom stereocenters. The molecule has 184 valence electrons. The fraction of sp³-hybridized carbons (Fsp3) is 0.385. The highest BCUT2D eigenvalue weighted by Crippen LogP contribution is 2.35. The first-order chi connectivity index (χ1) is 17.0. The van der Waals surface area contributed by atoms with E-state index in [0.29, 0.717) is 31.7 Å². The molecule has 0 fully saturated rings. The van der Waals surface area contributed by atoms with Crippen LogP contribution in [-0.4, -0.2) is 71.6 Å². The zero-order valence-corrected chi connectivity index (χ0v) is 20.3. The summed E-state index contributed by atoms with van der Waals surface area (Å²) in [6.07, 6.45) is 0.696. The van der Waals surface area contributed by atoms with Crippen LogP contribution >= 0.6 is 0 Å². The highest BCUT2D eigenvalue weighted by Gasteiger charge is 2.28. The monoisotopic (exact) mass is 479 g/mol. The van der Waals surface area contributed by atoms with E-state index < -0.39 is 12.7 Å². The van der Waals surface area contributed by atoms with Crippen LogP contribution < -0.4 is 10.5 Å². The first-order valence-electron chi connectivity index (χ1n) is 11.7. The van der Waals surface area contributed by atoms with Crippen LogP contribution in [0.3, 0.4) is 0 Å². The topological polar surface area (TPSA) is 87.5 Å². The molecule has 0 saturated carbocycles. The Morgan fingerprint density at radius 1 is 1.23 bits per heavy atom. The molecule has 0 aliphatic carbocycles. The minimum Gasteiger partial charge on any atom is -0.495 e. The Morgan fingerprint density at radius 2 is 2.06 bits per heavy atom. The number of amides is 1. The van der Waals surface area contributed by atoms with E-state index in [1.165, 1.54) is 0 Å². The van der Waals surface area contributed by atoms with Crippen LogP contribution in [0.1, 0.15) is 15.9 Å². The van der Waals surface area contributed by atoms with Gasteiger partial charge in [-0.3, -0.25) is 4.79 Å². The number of alkyl halides is 1. The molecule has 9 heteroatoms. The van der Waals surface area contributed by atoms with Crippen LogP contribution in [0.25, 0.3) is 33.5 Å². The zero-order chi connectivity index (χ0) is 24.7. The summed E-state index contributed by atoms with van der Waals surface area (Å²) >= 11 is 0. The summed E-state index contributed by atoms with van der Waals surface area (Å²) in [5, 5.41) is 1.05. The van der Waals surface area contributed by atoms with E-state index >= 15 is 0 Å². The smallest absolute Gasteiger partial charge is 0.254 e. The predicted molar refractivity (Wildman–Crippen MR) is 134 cm³/mol. The van der Waals surface area contributed by atoms with Crippen molar-refractivity contribution in [1.29, 1.82) is 0 Å². The molecule has 35 heavy (non-hydrogen) atoms. The fourth-order valence-electron chi connectivity index (χ4n) is 5.00. The number of methoxy groups -OCH3 is 2. The van der Waals surface area contributed by atoms with Crippen LogP contribution in [0.15, 0.2) is 36.4 Å². The molecule has 3 heterocycles. The second-order valence-corrected chi connectivity index (χ2v) is 8.98. The van der Waals surface area contributed by atoms with Crippen molar-refractivity contribution in [3.63, 3.8) is 0 Å². The standard InChI is InChI=1S/C26H30FN5O3/c1-30-21-11-16-7-8-31(15-18(28)14-27)26(33)19(16)13-20(21)29-25(30)22-12-17-5-4-6-23(35-3)24(17)32(22)9-10-34-2/h4-6,11-13,18H,7-10,14-15,28H2,1-3H3/t18-/m1/s1. The Morgan fingerprint density at radius 3 is 2.80 bits per heavy atom. The summed E-state index contributed by atoms with van der Waals surface area (Å²) in [6, 6.07) is 11.3. The van der Waals surface area contributed by atoms with Gasteiger partial charge in [0, 0.05) is 44.7 Å². The molecular weight excluding hydrogens is 449 g/mol. The lowest BCUT2D eigenvalue weighted by molar-refractivity contribution is 0.0725. The normalized spacial score (nSPS) is 14.7. The summed E-state index contributed by atoms with van der Waals surface area (Å²) in [5.41, 5.74) is 11.0. The molecule has 0 spiro atoms. The second-order valence-electron chi connectivity index (χ2n) is 8.98. The number of imidazole rings is 1. The van der Waals surface area contributed by atoms with Crippen LogP contribution in [0.5, 0.6) is 5.75 Å². The summed E-state index contributed by atoms with van der Waals surface area (Å²) in [6.45, 7) is 1.26. The van der Waals surface area contributed by atoms with Gasteiger partial charge in [-0.1, -0.05) is 12.1 Å². The number of ether oxygens (including phenoxy) is 2. The molecule has 0 saturated heterocycles. The van der Waals surface area contributed by atoms with Crippen molar-refractivity contribution < 1.29 is 18.7 Å². The largest absolute Gasteiger partial charge is 0.495 e. The van der Waals surface area contributed by atoms with Crippen molar-refractivity contribution in [3.8, 4) is 17.3 Å². The Hall–Kier alpha value is -3.43. The van der Waals surface area contributed by atoms with Crippen LogP contribution in [0.2, 0.25) is 0 Å². The SMILES string of the molecule is COCCn1c(-c2nc3cc4c(cc3n2C)CCN(C[C@H](N)CF)C4=O)cc2cccc(OC)c21. The van der Waals surface area contributed by atoms with Crippen molar-refractivity contribution >= 4 is 27.8 Å². The number of nitrogens with two attached hydrogens (primary N) is 1. The average molecular weight is 480 g/mol. The number of aryl methyl sites for hydroxylation is 1. The molecule has 0 unspecified atom stereocenters. The number of rotatable bonds is 8. The average Bonchev–Trinajstić information content (AvgIpc) is 3.40. The zero-order valence-electron chi connectivity index (χ0n) is 20.3. The number of halogens is 1. The third-order valence-electron chi connectivity index (χ3n) is 6.78. The highest BCUT2D eigenvalue weighted by molar-refractivity contribution is 6.01. The van der Waals surface area contributed by atoms with E-state index in [1.807, 2.05) is 31.3 Å². The van der Waals surface area contributed by atoms with Gasteiger partial charge in [0.05, 0.1) is 42.0 Å². The number of carbonyl (C=O) groups is 1. The lowest BCUT2D eigenvalue weighted by Gasteiger charge is -2.30. The molecule has 2 aromatic carbocycles. The van der Waals surface area contributed by atoms with Gasteiger partial charge in [-0.15, -0.1) is 0 Å². The van der Waals surface area contributed by atoms with Crippen LogP contribution in [-0.2, 0) is 24.8 Å². The Bertz CT molecular complexity index is 1410. The summed E-state index contributed by atoms with van der Waals surface area (Å²) in [5.74, 6) is 1.46. The predicted octanol–water partition coefficient (Wildman–Crippen LogP) is 3.15. The number of carbonyl (C=O) groups excluding carboxylic acids is 1. The molecule has 0 bridgehead atoms. The van der Waals surface area contributed by atoms with E-state index in [-0.39, 0.29) is 12.5 Å². The van der Waals surface area contributed by atoms with Gasteiger partial charge in [-0.05, 0) is 36.2 Å². The van der Waals surface area contributed by atoms with Crippen molar-refractivity contribution in [2.24, 2.45) is 12.8 Å². The highest BCUT2D eigenvalue weighted by atomic mass is 19.1. The number of fused-ring (bicyclic) bond motifs is 3. The maximum atomic E-state index is 13.1. The van der Waals surface area contributed by atoms with Gasteiger partial charge in [0.15, 0.2) is 5.82 Å². The van der Waals surface area contributed by atoms with Crippen LogP contribution in [0.4, 0.5) is 4.39 Å². The molecular formula is C26H30FN5O3. The van der Waals surface area contributed by atoms with Crippen molar-refractivity contribution in [2.45, 2.75) is 19.0 Å². The summed E-state index contributed by atoms with van der Waals surface area (Å²) in [4.78, 5) is 19.7. The third kappa shape index (κ3) is 3.94. The molecule has 2 N–H and O–H groups in total. The van der Waals surface area contributed by atoms with E-state index in [4.69, 9.17) is 20.2 Å². The van der Waals surface area contributed by atoms with Crippen molar-refractivity contribution in [1.82, 2.24) is 19.0 Å². The molecule has 8 nitrogen and oxygen atoms in total. The minimum absolute atomic E-state index is 0.122. The van der Waals surface area contributed by atoms with Gasteiger partial charge in [0.25, 0.3) is 5.91 Å². The van der Waals surface area contributed by atoms with Gasteiger partial charge in [0.2, 0.25) is 0 Å². The van der Waals surface area contributed by atoms with Gasteiger partial charge >= 0.3 is 0 Å². The van der Waals surface area contributed by atoms with Crippen molar-refractivity contribution in [2.75, 3.05) is 40.6 Å². The first kappa shape index (κ1) is 23.3. The second kappa shape index (κ2) is 9.31. The Balaban J connectivity index is 1.63. The van der Waals surface area contributed by atoms with E-state index in [0.717, 1.165) is 44.8 Å². The molecule has 4 aromatic rings. The van der Waals surface area contributed by atoms with Gasteiger partial charge in [-0.2, -0.15) is 0 Å². The van der Waals surface area contributed by atoms with Gasteiger partial charge in [0.1, 0.15) is 12.4 Å². The molecule has 1 aliphatic heterocycles. The van der Waals surface area contributed by atoms with Crippen molar-refractivity contribution in [3.05, 3.63) is 47.5 Å². The molecule has 5 rings (SSSR count). The summed E-state index contributed by atoms with van der Waals surface area (Å²) < 4.78 is 28.2.